The summed E-state index contributed by atoms with van der Waals surface area (Å²) >= 11 is 0. The molecule has 3 rings (SSSR count). The normalized spacial score (nSPS) is 22.3. The van der Waals surface area contributed by atoms with Gasteiger partial charge in [-0.15, -0.1) is 0 Å². The highest BCUT2D eigenvalue weighted by Crippen LogP contribution is 2.19. The number of H-pyrrole nitrogens is 1. The molecule has 24 heavy (non-hydrogen) atoms. The largest absolute Gasteiger partial charge is 0.490 e. The van der Waals surface area contributed by atoms with Gasteiger partial charge in [-0.05, 0) is 31.5 Å². The molecule has 2 N–H and O–H groups in total. The lowest BCUT2D eigenvalue weighted by Crippen LogP contribution is -2.48. The molecule has 1 aliphatic rings. The number of hydrogen-bond acceptors (Lipinski definition) is 5. The van der Waals surface area contributed by atoms with Crippen LogP contribution in [0.5, 0.6) is 5.75 Å². The molecule has 1 fully saturated rings. The number of aliphatic hydroxyl groups is 1. The Morgan fingerprint density at radius 1 is 1.42 bits per heavy atom. The number of aromatic amines is 1. The standard InChI is InChI=1S/C18H25N3O3/c1-14-4-3-5-17(8-14)24-13-18(22)11-21(6-7-23-12-18)10-16-9-19-20-15(16)2/h3-5,8-9,22H,6-7,10-13H2,1-2H3,(H,19,20)/t18-/m1/s1. The summed E-state index contributed by atoms with van der Waals surface area (Å²) in [7, 11) is 0. The molecular formula is C18H25N3O3. The summed E-state index contributed by atoms with van der Waals surface area (Å²) in [4.78, 5) is 2.18. The van der Waals surface area contributed by atoms with Gasteiger partial charge in [-0.25, -0.2) is 0 Å². The third-order valence-electron chi connectivity index (χ3n) is 4.27. The average Bonchev–Trinajstić information content (AvgIpc) is 2.85. The maximum Gasteiger partial charge on any atom is 0.134 e. The van der Waals surface area contributed by atoms with Crippen LogP contribution in [0.15, 0.2) is 30.5 Å². The Kier molecular flexibility index (Phi) is 5.18. The van der Waals surface area contributed by atoms with Gasteiger partial charge in [0.15, 0.2) is 0 Å². The molecule has 1 aromatic carbocycles. The number of hydrogen-bond donors (Lipinski definition) is 2. The molecule has 2 heterocycles. The molecular weight excluding hydrogens is 306 g/mol. The van der Waals surface area contributed by atoms with Crippen LogP contribution in [0.3, 0.4) is 0 Å². The molecule has 0 unspecified atom stereocenters. The van der Waals surface area contributed by atoms with E-state index in [0.29, 0.717) is 13.2 Å². The average molecular weight is 331 g/mol. The number of rotatable bonds is 5. The Bertz CT molecular complexity index is 673. The maximum atomic E-state index is 10.9. The van der Waals surface area contributed by atoms with Crippen molar-refractivity contribution in [1.82, 2.24) is 15.1 Å². The lowest BCUT2D eigenvalue weighted by atomic mass is 10.1. The quantitative estimate of drug-likeness (QED) is 0.872. The summed E-state index contributed by atoms with van der Waals surface area (Å²) in [5.74, 6) is 0.768. The molecule has 0 amide bonds. The molecule has 1 aliphatic heterocycles. The van der Waals surface area contributed by atoms with E-state index in [-0.39, 0.29) is 13.2 Å². The van der Waals surface area contributed by atoms with Gasteiger partial charge in [0.25, 0.3) is 0 Å². The predicted molar refractivity (Wildman–Crippen MR) is 91.0 cm³/mol. The first-order chi connectivity index (χ1) is 11.5. The molecule has 1 atom stereocenters. The van der Waals surface area contributed by atoms with E-state index in [9.17, 15) is 5.11 Å². The van der Waals surface area contributed by atoms with Crippen LogP contribution in [-0.4, -0.2) is 58.7 Å². The second-order valence-electron chi connectivity index (χ2n) is 6.61. The summed E-state index contributed by atoms with van der Waals surface area (Å²) in [6, 6.07) is 7.84. The zero-order chi connectivity index (χ0) is 17.0. The summed E-state index contributed by atoms with van der Waals surface area (Å²) < 4.78 is 11.4. The van der Waals surface area contributed by atoms with Crippen molar-refractivity contribution in [2.24, 2.45) is 0 Å². The van der Waals surface area contributed by atoms with Gasteiger partial charge in [0, 0.05) is 30.9 Å². The van der Waals surface area contributed by atoms with Crippen LogP contribution >= 0.6 is 0 Å². The van der Waals surface area contributed by atoms with E-state index in [1.54, 1.807) is 0 Å². The number of aryl methyl sites for hydroxylation is 2. The molecule has 1 saturated heterocycles. The molecule has 0 aliphatic carbocycles. The van der Waals surface area contributed by atoms with Crippen molar-refractivity contribution < 1.29 is 14.6 Å². The minimum atomic E-state index is -1.03. The fourth-order valence-corrected chi connectivity index (χ4v) is 2.92. The number of aromatic nitrogens is 2. The molecule has 1 aromatic heterocycles. The highest BCUT2D eigenvalue weighted by Gasteiger charge is 2.33. The predicted octanol–water partition coefficient (Wildman–Crippen LogP) is 1.67. The summed E-state index contributed by atoms with van der Waals surface area (Å²) in [5.41, 5.74) is 2.30. The zero-order valence-electron chi connectivity index (χ0n) is 14.3. The molecule has 6 nitrogen and oxygen atoms in total. The summed E-state index contributed by atoms with van der Waals surface area (Å²) in [6.45, 7) is 7.12. The molecule has 0 spiro atoms. The Morgan fingerprint density at radius 3 is 3.04 bits per heavy atom. The van der Waals surface area contributed by atoms with Crippen LogP contribution in [0.4, 0.5) is 0 Å². The number of benzene rings is 1. The number of nitrogens with one attached hydrogen (secondary N) is 1. The third-order valence-corrected chi connectivity index (χ3v) is 4.27. The summed E-state index contributed by atoms with van der Waals surface area (Å²) in [5, 5.41) is 17.9. The van der Waals surface area contributed by atoms with Crippen LogP contribution in [0.25, 0.3) is 0 Å². The fraction of sp³-hybridized carbons (Fsp3) is 0.500. The van der Waals surface area contributed by atoms with Crippen LogP contribution < -0.4 is 4.74 Å². The van der Waals surface area contributed by atoms with Gasteiger partial charge >= 0.3 is 0 Å². The number of β-amino-alcohol motifs (C(OH)–C–C–N with tert-alkyl or cyclic N) is 1. The minimum absolute atomic E-state index is 0.206. The first-order valence-corrected chi connectivity index (χ1v) is 8.25. The Balaban J connectivity index is 1.63. The van der Waals surface area contributed by atoms with E-state index in [2.05, 4.69) is 15.1 Å². The molecule has 0 bridgehead atoms. The maximum absolute atomic E-state index is 10.9. The molecule has 6 heteroatoms. The Morgan fingerprint density at radius 2 is 2.29 bits per heavy atom. The lowest BCUT2D eigenvalue weighted by Gasteiger charge is -2.30. The SMILES string of the molecule is Cc1cccc(OC[C@]2(O)COCCN(Cc3cn[nH]c3C)C2)c1. The van der Waals surface area contributed by atoms with Crippen molar-refractivity contribution in [3.8, 4) is 5.75 Å². The molecule has 2 aromatic rings. The Hall–Kier alpha value is -1.89. The van der Waals surface area contributed by atoms with Crippen LogP contribution in [0.1, 0.15) is 16.8 Å². The van der Waals surface area contributed by atoms with Gasteiger partial charge in [0.2, 0.25) is 0 Å². The number of nitrogens with zero attached hydrogens (tertiary/aromatic N) is 2. The van der Waals surface area contributed by atoms with Crippen molar-refractivity contribution in [1.29, 1.82) is 0 Å². The van der Waals surface area contributed by atoms with Crippen LogP contribution in [-0.2, 0) is 11.3 Å². The second kappa shape index (κ2) is 7.34. The van der Waals surface area contributed by atoms with Gasteiger partial charge < -0.3 is 14.6 Å². The third kappa shape index (κ3) is 4.35. The van der Waals surface area contributed by atoms with E-state index in [0.717, 1.165) is 35.7 Å². The first-order valence-electron chi connectivity index (χ1n) is 8.25. The van der Waals surface area contributed by atoms with Crippen LogP contribution in [0.2, 0.25) is 0 Å². The smallest absolute Gasteiger partial charge is 0.134 e. The van der Waals surface area contributed by atoms with Crippen LogP contribution in [0, 0.1) is 13.8 Å². The van der Waals surface area contributed by atoms with Gasteiger partial charge in [-0.2, -0.15) is 5.10 Å². The number of ether oxygens (including phenoxy) is 2. The van der Waals surface area contributed by atoms with Crippen molar-refractivity contribution in [2.45, 2.75) is 26.0 Å². The van der Waals surface area contributed by atoms with E-state index in [1.807, 2.05) is 44.3 Å². The highest BCUT2D eigenvalue weighted by atomic mass is 16.5. The summed E-state index contributed by atoms with van der Waals surface area (Å²) in [6.07, 6.45) is 1.84. The second-order valence-corrected chi connectivity index (χ2v) is 6.61. The van der Waals surface area contributed by atoms with Gasteiger partial charge in [-0.1, -0.05) is 12.1 Å². The van der Waals surface area contributed by atoms with Crippen molar-refractivity contribution in [2.75, 3.05) is 32.9 Å². The van der Waals surface area contributed by atoms with Crippen molar-refractivity contribution in [3.05, 3.63) is 47.3 Å². The van der Waals surface area contributed by atoms with Gasteiger partial charge in [0.05, 0.1) is 19.4 Å². The lowest BCUT2D eigenvalue weighted by molar-refractivity contribution is -0.0646. The minimum Gasteiger partial charge on any atom is -0.490 e. The zero-order valence-corrected chi connectivity index (χ0v) is 14.3. The topological polar surface area (TPSA) is 70.6 Å². The van der Waals surface area contributed by atoms with Gasteiger partial charge in [0.1, 0.15) is 18.0 Å². The molecule has 130 valence electrons. The first kappa shape index (κ1) is 17.0. The van der Waals surface area contributed by atoms with E-state index >= 15 is 0 Å². The molecule has 0 radical (unpaired) electrons. The highest BCUT2D eigenvalue weighted by molar-refractivity contribution is 5.27. The van der Waals surface area contributed by atoms with Gasteiger partial charge in [-0.3, -0.25) is 10.00 Å². The van der Waals surface area contributed by atoms with E-state index < -0.39 is 5.60 Å². The molecule has 0 saturated carbocycles. The monoisotopic (exact) mass is 331 g/mol. The Labute approximate surface area is 142 Å². The van der Waals surface area contributed by atoms with Crippen molar-refractivity contribution >= 4 is 0 Å². The van der Waals surface area contributed by atoms with E-state index in [1.165, 1.54) is 0 Å². The fourth-order valence-electron chi connectivity index (χ4n) is 2.92. The van der Waals surface area contributed by atoms with Crippen molar-refractivity contribution in [3.63, 3.8) is 0 Å². The van der Waals surface area contributed by atoms with E-state index in [4.69, 9.17) is 9.47 Å².